The third-order valence-electron chi connectivity index (χ3n) is 1.35. The summed E-state index contributed by atoms with van der Waals surface area (Å²) in [5, 5.41) is 0. The molecule has 1 rings (SSSR count). The molecule has 0 nitrogen and oxygen atoms in total. The molecule has 0 saturated carbocycles. The minimum absolute atomic E-state index is 0.942. The molecule has 0 aliphatic carbocycles. The number of hydrogen-bond acceptors (Lipinski definition) is 1. The molecule has 60 valence electrons. The summed E-state index contributed by atoms with van der Waals surface area (Å²) >= 11 is 8.82. The average Bonchev–Trinajstić information content (AvgIpc) is 2.19. The highest BCUT2D eigenvalue weighted by molar-refractivity contribution is 9.13. The van der Waals surface area contributed by atoms with Gasteiger partial charge in [0.1, 0.15) is 0 Å². The molecule has 0 aromatic carbocycles. The Balaban J connectivity index is 3.07. The molecule has 1 heterocycles. The summed E-state index contributed by atoms with van der Waals surface area (Å²) in [7, 11) is 0. The van der Waals surface area contributed by atoms with Crippen molar-refractivity contribution in [2.75, 3.05) is 0 Å². The van der Waals surface area contributed by atoms with E-state index in [4.69, 9.17) is 0 Å². The highest BCUT2D eigenvalue weighted by Crippen LogP contribution is 2.37. The first-order valence-corrected chi connectivity index (χ1v) is 5.61. The summed E-state index contributed by atoms with van der Waals surface area (Å²) in [6.45, 7) is 5.81. The average molecular weight is 296 g/mol. The van der Waals surface area contributed by atoms with Crippen molar-refractivity contribution in [3.63, 3.8) is 0 Å². The van der Waals surface area contributed by atoms with Crippen LogP contribution < -0.4 is 0 Å². The fourth-order valence-corrected chi connectivity index (χ4v) is 3.21. The van der Waals surface area contributed by atoms with Crippen LogP contribution in [-0.4, -0.2) is 0 Å². The van der Waals surface area contributed by atoms with Crippen LogP contribution in [0.3, 0.4) is 0 Å². The van der Waals surface area contributed by atoms with E-state index in [0.717, 1.165) is 6.42 Å². The van der Waals surface area contributed by atoms with E-state index in [1.807, 2.05) is 6.08 Å². The number of thiophene rings is 1. The summed E-state index contributed by atoms with van der Waals surface area (Å²) in [6, 6.07) is 0. The van der Waals surface area contributed by atoms with Crippen LogP contribution in [0.4, 0.5) is 0 Å². The maximum atomic E-state index is 3.71. The lowest BCUT2D eigenvalue weighted by Crippen LogP contribution is -1.72. The van der Waals surface area contributed by atoms with Crippen molar-refractivity contribution < 1.29 is 0 Å². The number of aryl methyl sites for hydroxylation is 1. The summed E-state index contributed by atoms with van der Waals surface area (Å²) in [4.78, 5) is 2.65. The molecule has 0 atom stereocenters. The van der Waals surface area contributed by atoms with Crippen molar-refractivity contribution in [1.29, 1.82) is 0 Å². The number of allylic oxidation sites excluding steroid dienone is 1. The molecule has 3 heteroatoms. The van der Waals surface area contributed by atoms with Crippen LogP contribution in [0.1, 0.15) is 9.75 Å². The van der Waals surface area contributed by atoms with E-state index >= 15 is 0 Å². The minimum Gasteiger partial charge on any atom is -0.143 e. The molecule has 0 fully saturated rings. The molecule has 1 aromatic heterocycles. The number of hydrogen-bond donors (Lipinski definition) is 0. The van der Waals surface area contributed by atoms with Gasteiger partial charge in [-0.05, 0) is 38.8 Å². The van der Waals surface area contributed by atoms with E-state index in [0.29, 0.717) is 0 Å². The van der Waals surface area contributed by atoms with Gasteiger partial charge in [0, 0.05) is 25.1 Å². The van der Waals surface area contributed by atoms with Crippen LogP contribution in [0.5, 0.6) is 0 Å². The van der Waals surface area contributed by atoms with E-state index in [1.54, 1.807) is 11.3 Å². The van der Waals surface area contributed by atoms with Crippen molar-refractivity contribution in [2.24, 2.45) is 0 Å². The van der Waals surface area contributed by atoms with Crippen molar-refractivity contribution >= 4 is 43.2 Å². The van der Waals surface area contributed by atoms with Gasteiger partial charge in [-0.3, -0.25) is 0 Å². The Kier molecular flexibility index (Phi) is 3.34. The topological polar surface area (TPSA) is 0 Å². The molecule has 0 saturated heterocycles. The van der Waals surface area contributed by atoms with E-state index in [-0.39, 0.29) is 0 Å². The summed E-state index contributed by atoms with van der Waals surface area (Å²) in [5.41, 5.74) is 0. The van der Waals surface area contributed by atoms with Crippen LogP contribution in [0, 0.1) is 6.92 Å². The molecule has 0 unspecified atom stereocenters. The maximum absolute atomic E-state index is 3.71. The minimum atomic E-state index is 0.942. The zero-order valence-electron chi connectivity index (χ0n) is 6.16. The van der Waals surface area contributed by atoms with Gasteiger partial charge < -0.3 is 0 Å². The van der Waals surface area contributed by atoms with Crippen LogP contribution in [0.2, 0.25) is 0 Å². The largest absolute Gasteiger partial charge is 0.143 e. The summed E-state index contributed by atoms with van der Waals surface area (Å²) in [5.74, 6) is 0. The van der Waals surface area contributed by atoms with Crippen molar-refractivity contribution in [2.45, 2.75) is 13.3 Å². The Morgan fingerprint density at radius 1 is 1.45 bits per heavy atom. The molecule has 11 heavy (non-hydrogen) atoms. The van der Waals surface area contributed by atoms with Gasteiger partial charge in [0.2, 0.25) is 0 Å². The Morgan fingerprint density at radius 2 is 2.09 bits per heavy atom. The van der Waals surface area contributed by atoms with Crippen LogP contribution in [0.15, 0.2) is 21.6 Å². The van der Waals surface area contributed by atoms with E-state index in [2.05, 4.69) is 45.4 Å². The first kappa shape index (κ1) is 9.49. The van der Waals surface area contributed by atoms with Gasteiger partial charge in [-0.15, -0.1) is 17.9 Å². The zero-order valence-corrected chi connectivity index (χ0v) is 10.1. The molecule has 0 spiro atoms. The lowest BCUT2D eigenvalue weighted by Gasteiger charge is -1.89. The zero-order chi connectivity index (χ0) is 8.43. The van der Waals surface area contributed by atoms with Crippen molar-refractivity contribution in [3.8, 4) is 0 Å². The second kappa shape index (κ2) is 3.87. The quantitative estimate of drug-likeness (QED) is 0.713. The smallest absolute Gasteiger partial charge is 0.0462 e. The molecule has 0 bridgehead atoms. The Labute approximate surface area is 87.6 Å². The molecule has 0 N–H and O–H groups in total. The molecule has 0 aliphatic heterocycles. The standard InChI is InChI=1S/C8H8Br2S/c1-3-4-6-8(10)7(9)5(2)11-6/h3H,1,4H2,2H3. The predicted molar refractivity (Wildman–Crippen MR) is 58.4 cm³/mol. The lowest BCUT2D eigenvalue weighted by atomic mass is 10.3. The van der Waals surface area contributed by atoms with Crippen molar-refractivity contribution in [1.82, 2.24) is 0 Å². The SMILES string of the molecule is C=CCc1sc(C)c(Br)c1Br. The molecule has 0 aliphatic rings. The molecule has 0 radical (unpaired) electrons. The van der Waals surface area contributed by atoms with E-state index < -0.39 is 0 Å². The fourth-order valence-electron chi connectivity index (χ4n) is 0.814. The van der Waals surface area contributed by atoms with Gasteiger partial charge in [-0.1, -0.05) is 6.08 Å². The highest BCUT2D eigenvalue weighted by Gasteiger charge is 2.08. The van der Waals surface area contributed by atoms with Crippen molar-refractivity contribution in [3.05, 3.63) is 31.4 Å². The van der Waals surface area contributed by atoms with Crippen LogP contribution in [0.25, 0.3) is 0 Å². The molecular weight excluding hydrogens is 288 g/mol. The van der Waals surface area contributed by atoms with E-state index in [1.165, 1.54) is 18.7 Å². The molecule has 1 aromatic rings. The van der Waals surface area contributed by atoms with Gasteiger partial charge in [-0.25, -0.2) is 0 Å². The van der Waals surface area contributed by atoms with Crippen LogP contribution >= 0.6 is 43.2 Å². The second-order valence-electron chi connectivity index (χ2n) is 2.20. The first-order chi connectivity index (χ1) is 5.16. The van der Waals surface area contributed by atoms with Gasteiger partial charge in [0.05, 0.1) is 0 Å². The molecule has 0 amide bonds. The van der Waals surface area contributed by atoms with Gasteiger partial charge in [-0.2, -0.15) is 0 Å². The Bertz CT molecular complexity index is 276. The first-order valence-electron chi connectivity index (χ1n) is 3.21. The summed E-state index contributed by atoms with van der Waals surface area (Å²) in [6.07, 6.45) is 2.86. The highest BCUT2D eigenvalue weighted by atomic mass is 79.9. The third-order valence-corrected chi connectivity index (χ3v) is 5.40. The van der Waals surface area contributed by atoms with Gasteiger partial charge in [0.15, 0.2) is 0 Å². The fraction of sp³-hybridized carbons (Fsp3) is 0.250. The second-order valence-corrected chi connectivity index (χ2v) is 5.10. The molecular formula is C8H8Br2S. The third kappa shape index (κ3) is 1.95. The maximum Gasteiger partial charge on any atom is 0.0462 e. The Hall–Kier alpha value is 0.400. The number of rotatable bonds is 2. The van der Waals surface area contributed by atoms with Crippen LogP contribution in [-0.2, 0) is 6.42 Å². The Morgan fingerprint density at radius 3 is 2.45 bits per heavy atom. The monoisotopic (exact) mass is 294 g/mol. The van der Waals surface area contributed by atoms with Gasteiger partial charge in [0.25, 0.3) is 0 Å². The normalized spacial score (nSPS) is 10.1. The number of halogens is 2. The predicted octanol–water partition coefficient (Wildman–Crippen LogP) is 4.31. The van der Waals surface area contributed by atoms with Gasteiger partial charge >= 0.3 is 0 Å². The summed E-state index contributed by atoms with van der Waals surface area (Å²) < 4.78 is 2.36. The lowest BCUT2D eigenvalue weighted by molar-refractivity contribution is 1.33. The van der Waals surface area contributed by atoms with E-state index in [9.17, 15) is 0 Å².